The highest BCUT2D eigenvalue weighted by Crippen LogP contribution is 2.30. The summed E-state index contributed by atoms with van der Waals surface area (Å²) >= 11 is 9.21. The first kappa shape index (κ1) is 12.8. The zero-order valence-electron chi connectivity index (χ0n) is 9.22. The average molecular weight is 287 g/mol. The summed E-state index contributed by atoms with van der Waals surface area (Å²) in [5.74, 6) is 0.624. The van der Waals surface area contributed by atoms with Crippen molar-refractivity contribution in [2.45, 2.75) is 22.8 Å². The van der Waals surface area contributed by atoms with Crippen molar-refractivity contribution in [3.63, 3.8) is 0 Å². The van der Waals surface area contributed by atoms with Crippen LogP contribution in [0.1, 0.15) is 12.7 Å². The van der Waals surface area contributed by atoms with Crippen molar-refractivity contribution in [1.29, 1.82) is 0 Å². The molecular formula is C11H11ClN2OS2. The minimum Gasteiger partial charge on any atom is -0.374 e. The van der Waals surface area contributed by atoms with Crippen molar-refractivity contribution in [2.75, 3.05) is 6.61 Å². The van der Waals surface area contributed by atoms with E-state index in [0.29, 0.717) is 24.2 Å². The van der Waals surface area contributed by atoms with Gasteiger partial charge in [0.15, 0.2) is 5.82 Å². The number of rotatable bonds is 5. The maximum Gasteiger partial charge on any atom is 0.157 e. The van der Waals surface area contributed by atoms with Gasteiger partial charge in [-0.3, -0.25) is 0 Å². The van der Waals surface area contributed by atoms with Crippen LogP contribution >= 0.6 is 34.7 Å². The molecule has 0 fully saturated rings. The second-order valence-corrected chi connectivity index (χ2v) is 5.77. The molecule has 0 spiro atoms. The Bertz CT molecular complexity index is 476. The lowest BCUT2D eigenvalue weighted by Gasteiger charge is -2.03. The molecule has 6 heteroatoms. The molecule has 2 rings (SSSR count). The Labute approximate surface area is 113 Å². The van der Waals surface area contributed by atoms with Crippen LogP contribution in [-0.2, 0) is 11.3 Å². The summed E-state index contributed by atoms with van der Waals surface area (Å²) in [5.41, 5.74) is 0. The van der Waals surface area contributed by atoms with Crippen LogP contribution in [-0.4, -0.2) is 16.6 Å². The van der Waals surface area contributed by atoms with Gasteiger partial charge in [0.2, 0.25) is 0 Å². The SMILES string of the molecule is CCOCc1nc(Cl)cc(Sc2cccs2)n1. The minimum atomic E-state index is 0.398. The lowest BCUT2D eigenvalue weighted by molar-refractivity contribution is 0.128. The molecule has 0 aliphatic heterocycles. The molecule has 0 saturated carbocycles. The predicted octanol–water partition coefficient (Wildman–Crippen LogP) is 3.88. The van der Waals surface area contributed by atoms with Crippen molar-refractivity contribution in [3.05, 3.63) is 34.6 Å². The lowest BCUT2D eigenvalue weighted by atomic mass is 10.6. The van der Waals surface area contributed by atoms with Crippen molar-refractivity contribution in [3.8, 4) is 0 Å². The van der Waals surface area contributed by atoms with Gasteiger partial charge in [-0.1, -0.05) is 29.4 Å². The molecule has 0 amide bonds. The number of thiophene rings is 1. The third kappa shape index (κ3) is 3.96. The Morgan fingerprint density at radius 2 is 2.35 bits per heavy atom. The topological polar surface area (TPSA) is 35.0 Å². The first-order valence-electron chi connectivity index (χ1n) is 5.10. The molecule has 0 unspecified atom stereocenters. The summed E-state index contributed by atoms with van der Waals surface area (Å²) < 4.78 is 6.46. The standard InChI is InChI=1S/C11H11ClN2OS2/c1-2-15-7-9-13-8(12)6-10(14-9)17-11-4-3-5-16-11/h3-6H,2,7H2,1H3. The van der Waals surface area contributed by atoms with Crippen molar-refractivity contribution in [2.24, 2.45) is 0 Å². The summed E-state index contributed by atoms with van der Waals surface area (Å²) in [6.45, 7) is 2.98. The van der Waals surface area contributed by atoms with Crippen molar-refractivity contribution >= 4 is 34.7 Å². The maximum atomic E-state index is 5.95. The molecule has 2 aromatic heterocycles. The molecule has 0 aromatic carbocycles. The van der Waals surface area contributed by atoms with E-state index >= 15 is 0 Å². The lowest BCUT2D eigenvalue weighted by Crippen LogP contribution is -2.00. The Hall–Kier alpha value is -0.620. The molecule has 0 bridgehead atoms. The molecule has 17 heavy (non-hydrogen) atoms. The Kier molecular flexibility index (Phi) is 4.79. The summed E-state index contributed by atoms with van der Waals surface area (Å²) in [4.78, 5) is 8.52. The van der Waals surface area contributed by atoms with E-state index in [1.165, 1.54) is 4.21 Å². The third-order valence-corrected chi connectivity index (χ3v) is 4.00. The molecular weight excluding hydrogens is 276 g/mol. The molecule has 0 N–H and O–H groups in total. The zero-order valence-corrected chi connectivity index (χ0v) is 11.6. The summed E-state index contributed by atoms with van der Waals surface area (Å²) in [6, 6.07) is 5.83. The van der Waals surface area contributed by atoms with Crippen molar-refractivity contribution < 1.29 is 4.74 Å². The first-order valence-corrected chi connectivity index (χ1v) is 7.18. The van der Waals surface area contributed by atoms with Gasteiger partial charge in [0.1, 0.15) is 16.8 Å². The van der Waals surface area contributed by atoms with Gasteiger partial charge in [0.05, 0.1) is 4.21 Å². The molecule has 0 saturated heterocycles. The van der Waals surface area contributed by atoms with Gasteiger partial charge in [0, 0.05) is 12.7 Å². The van der Waals surface area contributed by atoms with Crippen LogP contribution in [0.5, 0.6) is 0 Å². The highest BCUT2D eigenvalue weighted by molar-refractivity contribution is 8.01. The normalized spacial score (nSPS) is 10.7. The quantitative estimate of drug-likeness (QED) is 0.782. The number of aromatic nitrogens is 2. The van der Waals surface area contributed by atoms with Gasteiger partial charge in [-0.2, -0.15) is 0 Å². The number of hydrogen-bond donors (Lipinski definition) is 0. The van der Waals surface area contributed by atoms with Gasteiger partial charge >= 0.3 is 0 Å². The van der Waals surface area contributed by atoms with E-state index in [4.69, 9.17) is 16.3 Å². The van der Waals surface area contributed by atoms with Gasteiger partial charge in [0.25, 0.3) is 0 Å². The second-order valence-electron chi connectivity index (χ2n) is 3.12. The highest BCUT2D eigenvalue weighted by Gasteiger charge is 2.05. The molecule has 0 aliphatic carbocycles. The fourth-order valence-corrected chi connectivity index (χ4v) is 3.18. The van der Waals surface area contributed by atoms with Crippen LogP contribution in [0.15, 0.2) is 32.8 Å². The van der Waals surface area contributed by atoms with Crippen LogP contribution in [0.3, 0.4) is 0 Å². The molecule has 0 radical (unpaired) electrons. The van der Waals surface area contributed by atoms with E-state index in [-0.39, 0.29) is 0 Å². The van der Waals surface area contributed by atoms with Crippen LogP contribution in [0.4, 0.5) is 0 Å². The van der Waals surface area contributed by atoms with E-state index in [1.807, 2.05) is 24.4 Å². The van der Waals surface area contributed by atoms with E-state index in [1.54, 1.807) is 29.2 Å². The van der Waals surface area contributed by atoms with Crippen LogP contribution < -0.4 is 0 Å². The van der Waals surface area contributed by atoms with Crippen molar-refractivity contribution in [1.82, 2.24) is 9.97 Å². The fourth-order valence-electron chi connectivity index (χ4n) is 1.18. The van der Waals surface area contributed by atoms with E-state index in [2.05, 4.69) is 9.97 Å². The molecule has 2 aromatic rings. The van der Waals surface area contributed by atoms with E-state index < -0.39 is 0 Å². The zero-order chi connectivity index (χ0) is 12.1. The average Bonchev–Trinajstić information content (AvgIpc) is 2.78. The van der Waals surface area contributed by atoms with Gasteiger partial charge in [-0.05, 0) is 18.4 Å². The van der Waals surface area contributed by atoms with Gasteiger partial charge in [-0.25, -0.2) is 9.97 Å². The maximum absolute atomic E-state index is 5.95. The second kappa shape index (κ2) is 6.35. The number of ether oxygens (including phenoxy) is 1. The smallest absolute Gasteiger partial charge is 0.157 e. The molecule has 0 atom stereocenters. The molecule has 90 valence electrons. The fraction of sp³-hybridized carbons (Fsp3) is 0.273. The highest BCUT2D eigenvalue weighted by atomic mass is 35.5. The Morgan fingerprint density at radius 3 is 3.06 bits per heavy atom. The molecule has 2 heterocycles. The van der Waals surface area contributed by atoms with Crippen LogP contribution in [0, 0.1) is 0 Å². The van der Waals surface area contributed by atoms with Gasteiger partial charge in [-0.15, -0.1) is 11.3 Å². The third-order valence-electron chi connectivity index (χ3n) is 1.85. The Balaban J connectivity index is 2.13. The predicted molar refractivity (Wildman–Crippen MR) is 70.8 cm³/mol. The summed E-state index contributed by atoms with van der Waals surface area (Å²) in [5, 5.41) is 3.34. The largest absolute Gasteiger partial charge is 0.374 e. The monoisotopic (exact) mass is 286 g/mol. The number of halogens is 1. The van der Waals surface area contributed by atoms with Crippen LogP contribution in [0.2, 0.25) is 5.15 Å². The number of nitrogens with zero attached hydrogens (tertiary/aromatic N) is 2. The summed E-state index contributed by atoms with van der Waals surface area (Å²) in [7, 11) is 0. The van der Waals surface area contributed by atoms with E-state index in [9.17, 15) is 0 Å². The minimum absolute atomic E-state index is 0.398. The van der Waals surface area contributed by atoms with Crippen LogP contribution in [0.25, 0.3) is 0 Å². The first-order chi connectivity index (χ1) is 8.28. The molecule has 3 nitrogen and oxygen atoms in total. The molecule has 0 aliphatic rings. The van der Waals surface area contributed by atoms with E-state index in [0.717, 1.165) is 5.03 Å². The van der Waals surface area contributed by atoms with Gasteiger partial charge < -0.3 is 4.74 Å². The Morgan fingerprint density at radius 1 is 1.47 bits per heavy atom. The number of hydrogen-bond acceptors (Lipinski definition) is 5. The summed E-state index contributed by atoms with van der Waals surface area (Å²) in [6.07, 6.45) is 0.